The fraction of sp³-hybridized carbons (Fsp3) is 0.348. The SMILES string of the molecule is C=CC(=O)N(C)CCC(NC(=O)OC(C)(C)C)C(=O)c1ccc(S(=O)(=O)N(C(=O)[C@@H]2C[C@@H](Oc3cc(-c4ccccc4)nc4cc(OC)ccc34)CN2)C(=O)[C@@]2(N)C[C@H]2C=C)cc1. The van der Waals surface area contributed by atoms with E-state index in [0.29, 0.717) is 28.1 Å². The van der Waals surface area contributed by atoms with Crippen molar-refractivity contribution < 1.29 is 46.6 Å². The van der Waals surface area contributed by atoms with Gasteiger partial charge < -0.3 is 35.5 Å². The van der Waals surface area contributed by atoms with Gasteiger partial charge in [-0.3, -0.25) is 19.2 Å². The Bertz CT molecular complexity index is 2540. The molecule has 3 aromatic carbocycles. The van der Waals surface area contributed by atoms with Crippen LogP contribution in [-0.2, 0) is 29.1 Å². The number of nitrogens with two attached hydrogens (primary N) is 1. The molecule has 16 nitrogen and oxygen atoms in total. The summed E-state index contributed by atoms with van der Waals surface area (Å²) >= 11 is 0. The summed E-state index contributed by atoms with van der Waals surface area (Å²) < 4.78 is 46.4. The lowest BCUT2D eigenvalue weighted by Gasteiger charge is -2.26. The molecule has 5 atom stereocenters. The van der Waals surface area contributed by atoms with Crippen molar-refractivity contribution in [2.75, 3.05) is 27.2 Å². The number of ketones is 1. The third-order valence-electron chi connectivity index (χ3n) is 10.8. The number of aromatic nitrogens is 1. The van der Waals surface area contributed by atoms with Gasteiger partial charge in [-0.25, -0.2) is 18.2 Å². The topological polar surface area (TPSA) is 217 Å². The molecule has 2 aliphatic rings. The summed E-state index contributed by atoms with van der Waals surface area (Å²) in [5.41, 5.74) is 5.93. The first kappa shape index (κ1) is 46.1. The molecule has 2 fully saturated rings. The number of benzene rings is 3. The molecular formula is C46H52N6O10S. The Kier molecular flexibility index (Phi) is 13.5. The van der Waals surface area contributed by atoms with E-state index in [2.05, 4.69) is 23.8 Å². The molecule has 4 N–H and O–H groups in total. The number of methoxy groups -OCH3 is 1. The van der Waals surface area contributed by atoms with E-state index in [-0.39, 0.29) is 42.2 Å². The monoisotopic (exact) mass is 880 g/mol. The number of carbonyl (C=O) groups is 5. The Morgan fingerprint density at radius 2 is 1.73 bits per heavy atom. The lowest BCUT2D eigenvalue weighted by Crippen LogP contribution is -2.56. The lowest BCUT2D eigenvalue weighted by atomic mass is 10.0. The number of nitrogens with zero attached hydrogens (tertiary/aromatic N) is 3. The molecule has 0 radical (unpaired) electrons. The predicted molar refractivity (Wildman–Crippen MR) is 235 cm³/mol. The molecule has 0 bridgehead atoms. The summed E-state index contributed by atoms with van der Waals surface area (Å²) in [4.78, 5) is 73.0. The summed E-state index contributed by atoms with van der Waals surface area (Å²) in [6.07, 6.45) is 1.10. The molecule has 1 saturated carbocycles. The van der Waals surface area contributed by atoms with Crippen LogP contribution in [0.3, 0.4) is 0 Å². The average molecular weight is 881 g/mol. The Morgan fingerprint density at radius 1 is 1.03 bits per heavy atom. The highest BCUT2D eigenvalue weighted by molar-refractivity contribution is 7.90. The Hall–Kier alpha value is -6.43. The number of nitrogens with one attached hydrogen (secondary N) is 2. The predicted octanol–water partition coefficient (Wildman–Crippen LogP) is 4.78. The van der Waals surface area contributed by atoms with Crippen molar-refractivity contribution in [2.24, 2.45) is 11.7 Å². The van der Waals surface area contributed by atoms with Crippen molar-refractivity contribution in [3.05, 3.63) is 110 Å². The molecule has 6 rings (SSSR count). The highest BCUT2D eigenvalue weighted by Crippen LogP contribution is 2.44. The number of sulfonamides is 1. The minimum atomic E-state index is -4.93. The summed E-state index contributed by atoms with van der Waals surface area (Å²) in [5.74, 6) is -2.69. The number of fused-ring (bicyclic) bond motifs is 1. The Morgan fingerprint density at radius 3 is 2.35 bits per heavy atom. The number of imide groups is 1. The van der Waals surface area contributed by atoms with Crippen LogP contribution in [0.5, 0.6) is 11.5 Å². The van der Waals surface area contributed by atoms with E-state index >= 15 is 0 Å². The average Bonchev–Trinajstić information content (AvgIpc) is 3.73. The van der Waals surface area contributed by atoms with Gasteiger partial charge in [0, 0.05) is 61.1 Å². The number of likely N-dealkylation sites (N-methyl/N-ethyl adjacent to an activating group) is 1. The van der Waals surface area contributed by atoms with Gasteiger partial charge in [0.2, 0.25) is 5.91 Å². The number of hydrogen-bond acceptors (Lipinski definition) is 13. The second-order valence-corrected chi connectivity index (χ2v) is 18.3. The normalized spacial score (nSPS) is 19.9. The van der Waals surface area contributed by atoms with Gasteiger partial charge in [-0.1, -0.05) is 43.0 Å². The quantitative estimate of drug-likeness (QED) is 0.0599. The zero-order chi connectivity index (χ0) is 45.9. The molecule has 332 valence electrons. The zero-order valence-corrected chi connectivity index (χ0v) is 36.6. The second kappa shape index (κ2) is 18.5. The maximum absolute atomic E-state index is 14.5. The lowest BCUT2D eigenvalue weighted by molar-refractivity contribution is -0.141. The molecule has 1 aliphatic carbocycles. The first-order valence-electron chi connectivity index (χ1n) is 20.3. The van der Waals surface area contributed by atoms with E-state index in [1.807, 2.05) is 36.4 Å². The molecule has 1 unspecified atom stereocenters. The minimum Gasteiger partial charge on any atom is -0.497 e. The molecule has 63 heavy (non-hydrogen) atoms. The third kappa shape index (κ3) is 10.3. The number of rotatable bonds is 16. The van der Waals surface area contributed by atoms with Gasteiger partial charge in [-0.05, 0) is 76.1 Å². The molecule has 17 heteroatoms. The standard InChI is InChI=1S/C46H52N6O10S/c1-8-30-26-46(30,47)43(56)52(63(58,59)33-18-15-29(16-19-33)41(54)35(21-22-51(6)40(53)9-2)50-44(57)62-45(3,4)5)42(55)38-24-32(27-48-38)61-39-25-36(28-13-11-10-12-14-28)49-37-23-31(60-7)17-20-34(37)39/h8-20,23,25,30,32,35,38,48H,1-2,21-22,24,26-27,47H2,3-7H3,(H,50,57)/t30-,32-,35?,38+,46-/m1/s1. The van der Waals surface area contributed by atoms with E-state index in [0.717, 1.165) is 23.8 Å². The zero-order valence-electron chi connectivity index (χ0n) is 35.8. The molecule has 4 amide bonds. The van der Waals surface area contributed by atoms with E-state index in [9.17, 15) is 32.4 Å². The largest absolute Gasteiger partial charge is 0.497 e. The summed E-state index contributed by atoms with van der Waals surface area (Å²) in [5, 5.41) is 6.27. The number of alkyl carbamates (subject to hydrolysis) is 1. The van der Waals surface area contributed by atoms with Crippen LogP contribution in [0.15, 0.2) is 109 Å². The number of pyridine rings is 1. The maximum atomic E-state index is 14.5. The first-order valence-corrected chi connectivity index (χ1v) is 21.7. The molecule has 1 aliphatic heterocycles. The van der Waals surface area contributed by atoms with E-state index < -0.39 is 79.8 Å². The minimum absolute atomic E-state index is 0.00364. The van der Waals surface area contributed by atoms with Crippen molar-refractivity contribution in [1.29, 1.82) is 0 Å². The van der Waals surface area contributed by atoms with Gasteiger partial charge in [0.05, 0.1) is 35.3 Å². The van der Waals surface area contributed by atoms with Crippen molar-refractivity contribution in [2.45, 2.75) is 74.3 Å². The van der Waals surface area contributed by atoms with Gasteiger partial charge in [0.15, 0.2) is 5.78 Å². The second-order valence-electron chi connectivity index (χ2n) is 16.5. The fourth-order valence-corrected chi connectivity index (χ4v) is 8.67. The van der Waals surface area contributed by atoms with Crippen molar-refractivity contribution in [1.82, 2.24) is 24.8 Å². The Balaban J connectivity index is 1.25. The first-order chi connectivity index (χ1) is 29.8. The van der Waals surface area contributed by atoms with Gasteiger partial charge in [-0.2, -0.15) is 4.31 Å². The fourth-order valence-electron chi connectivity index (χ4n) is 7.23. The third-order valence-corrected chi connectivity index (χ3v) is 12.5. The van der Waals surface area contributed by atoms with Crippen molar-refractivity contribution in [3.8, 4) is 22.8 Å². The number of carbonyl (C=O) groups excluding carboxylic acids is 5. The van der Waals surface area contributed by atoms with Crippen LogP contribution in [0, 0.1) is 5.92 Å². The molecule has 1 saturated heterocycles. The highest BCUT2D eigenvalue weighted by atomic mass is 32.2. The van der Waals surface area contributed by atoms with Crippen LogP contribution in [0.25, 0.3) is 22.2 Å². The molecule has 2 heterocycles. The van der Waals surface area contributed by atoms with Crippen LogP contribution in [0.2, 0.25) is 0 Å². The Labute approximate surface area is 366 Å². The van der Waals surface area contributed by atoms with Gasteiger partial charge in [0.25, 0.3) is 21.8 Å². The van der Waals surface area contributed by atoms with E-state index in [4.69, 9.17) is 24.9 Å². The van der Waals surface area contributed by atoms with E-state index in [1.165, 1.54) is 30.2 Å². The molecule has 0 spiro atoms. The van der Waals surface area contributed by atoms with Gasteiger partial charge in [0.1, 0.15) is 28.7 Å². The van der Waals surface area contributed by atoms with Crippen LogP contribution in [0.1, 0.15) is 50.4 Å². The van der Waals surface area contributed by atoms with Crippen LogP contribution in [0.4, 0.5) is 4.79 Å². The van der Waals surface area contributed by atoms with Gasteiger partial charge >= 0.3 is 6.09 Å². The highest BCUT2D eigenvalue weighted by Gasteiger charge is 2.60. The summed E-state index contributed by atoms with van der Waals surface area (Å²) in [6.45, 7) is 12.3. The number of Topliss-reactive ketones (excluding diaryl/α,β-unsaturated/α-hetero) is 1. The van der Waals surface area contributed by atoms with Crippen molar-refractivity contribution >= 4 is 50.5 Å². The number of hydrogen-bond donors (Lipinski definition) is 3. The van der Waals surface area contributed by atoms with Crippen LogP contribution in [-0.4, -0.2) is 109 Å². The van der Waals surface area contributed by atoms with E-state index in [1.54, 1.807) is 46.1 Å². The maximum Gasteiger partial charge on any atom is 0.408 e. The summed E-state index contributed by atoms with van der Waals surface area (Å²) in [6, 6.07) is 18.9. The molecule has 4 aromatic rings. The molecule has 1 aromatic heterocycles. The summed E-state index contributed by atoms with van der Waals surface area (Å²) in [7, 11) is -1.87. The molecular weight excluding hydrogens is 829 g/mol. The number of amides is 4. The van der Waals surface area contributed by atoms with Crippen molar-refractivity contribution in [3.63, 3.8) is 0 Å². The smallest absolute Gasteiger partial charge is 0.408 e. The van der Waals surface area contributed by atoms with Crippen LogP contribution >= 0.6 is 0 Å². The number of ether oxygens (including phenoxy) is 3. The van der Waals surface area contributed by atoms with Gasteiger partial charge in [-0.15, -0.1) is 6.58 Å². The van der Waals surface area contributed by atoms with Crippen LogP contribution < -0.4 is 25.8 Å².